The van der Waals surface area contributed by atoms with Crippen LogP contribution in [0, 0.1) is 0 Å². The van der Waals surface area contributed by atoms with E-state index in [1.807, 2.05) is 48.0 Å². The minimum Gasteiger partial charge on any atom is -0.336 e. The zero-order valence-electron chi connectivity index (χ0n) is 18.3. The summed E-state index contributed by atoms with van der Waals surface area (Å²) in [6, 6.07) is 18.3. The predicted molar refractivity (Wildman–Crippen MR) is 138 cm³/mol. The molecule has 0 radical (unpaired) electrons. The molecular formula is C26H19Cl3N4O. The Hall–Kier alpha value is -3.12. The van der Waals surface area contributed by atoms with Crippen molar-refractivity contribution in [3.8, 4) is 11.1 Å². The summed E-state index contributed by atoms with van der Waals surface area (Å²) in [5, 5.41) is 2.02. The number of pyridine rings is 2. The highest BCUT2D eigenvalue weighted by atomic mass is 35.5. The van der Waals surface area contributed by atoms with E-state index in [-0.39, 0.29) is 5.56 Å². The van der Waals surface area contributed by atoms with E-state index in [0.29, 0.717) is 21.3 Å². The summed E-state index contributed by atoms with van der Waals surface area (Å²) in [6.07, 6.45) is 5.11. The summed E-state index contributed by atoms with van der Waals surface area (Å²) < 4.78 is 3.44. The number of nitrogens with zero attached hydrogens (tertiary/aromatic N) is 4. The molecule has 0 unspecified atom stereocenters. The summed E-state index contributed by atoms with van der Waals surface area (Å²) in [4.78, 5) is 20.6. The van der Waals surface area contributed by atoms with Gasteiger partial charge in [-0.25, -0.2) is 4.98 Å². The molecule has 0 aliphatic heterocycles. The highest BCUT2D eigenvalue weighted by Gasteiger charge is 2.38. The quantitative estimate of drug-likeness (QED) is 0.272. The molecule has 170 valence electrons. The molecule has 0 spiro atoms. The van der Waals surface area contributed by atoms with E-state index in [2.05, 4.69) is 4.98 Å². The molecule has 8 heteroatoms. The van der Waals surface area contributed by atoms with Crippen LogP contribution in [-0.4, -0.2) is 19.1 Å². The Morgan fingerprint density at radius 2 is 1.68 bits per heavy atom. The number of hydrogen-bond donors (Lipinski definition) is 0. The van der Waals surface area contributed by atoms with Gasteiger partial charge < -0.3 is 9.13 Å². The zero-order valence-corrected chi connectivity index (χ0v) is 20.6. The first kappa shape index (κ1) is 22.7. The van der Waals surface area contributed by atoms with Crippen LogP contribution in [0.5, 0.6) is 0 Å². The molecule has 5 rings (SSSR count). The van der Waals surface area contributed by atoms with Gasteiger partial charge in [0.1, 0.15) is 0 Å². The second kappa shape index (κ2) is 8.58. The van der Waals surface area contributed by atoms with Gasteiger partial charge in [-0.2, -0.15) is 0 Å². The van der Waals surface area contributed by atoms with Gasteiger partial charge in [-0.1, -0.05) is 47.5 Å². The maximum Gasteiger partial charge on any atom is 0.251 e. The Bertz CT molecular complexity index is 1590. The second-order valence-electron chi connectivity index (χ2n) is 8.11. The standard InChI is InChI=1S/C26H19Cl3N4O/c1-32-15-30-14-24(32)26(29,17-6-8-18(27)9-7-17)23-11-21-20(16-4-3-5-19(28)10-16)12-25(34)33(2)22(21)13-31-23/h3-15H,1-2H3/t26-/m1/s1. The lowest BCUT2D eigenvalue weighted by atomic mass is 9.89. The van der Waals surface area contributed by atoms with Crippen molar-refractivity contribution >= 4 is 45.7 Å². The number of aryl methyl sites for hydroxylation is 2. The third-order valence-corrected chi connectivity index (χ3v) is 7.13. The fourth-order valence-electron chi connectivity index (χ4n) is 4.23. The summed E-state index contributed by atoms with van der Waals surface area (Å²) in [5.74, 6) is 0. The molecule has 0 fully saturated rings. The topological polar surface area (TPSA) is 52.7 Å². The highest BCUT2D eigenvalue weighted by molar-refractivity contribution is 6.31. The van der Waals surface area contributed by atoms with E-state index in [1.54, 1.807) is 54.6 Å². The fraction of sp³-hybridized carbons (Fsp3) is 0.115. The lowest BCUT2D eigenvalue weighted by molar-refractivity contribution is 0.727. The maximum absolute atomic E-state index is 12.7. The first-order chi connectivity index (χ1) is 16.3. The minimum absolute atomic E-state index is 0.140. The SMILES string of the molecule is Cn1cncc1[C@@](Cl)(c1ccc(Cl)cc1)c1cc2c(-c3cccc(Cl)c3)cc(=O)n(C)c2cn1. The lowest BCUT2D eigenvalue weighted by Crippen LogP contribution is -2.27. The van der Waals surface area contributed by atoms with Crippen molar-refractivity contribution in [3.05, 3.63) is 117 Å². The molecule has 0 N–H and O–H groups in total. The third-order valence-electron chi connectivity index (χ3n) is 6.03. The van der Waals surface area contributed by atoms with Crippen molar-refractivity contribution < 1.29 is 0 Å². The van der Waals surface area contributed by atoms with Gasteiger partial charge in [-0.3, -0.25) is 9.78 Å². The number of fused-ring (bicyclic) bond motifs is 1. The van der Waals surface area contributed by atoms with E-state index in [1.165, 1.54) is 0 Å². The Labute approximate surface area is 211 Å². The van der Waals surface area contributed by atoms with Gasteiger partial charge in [0.25, 0.3) is 5.56 Å². The molecule has 3 aromatic heterocycles. The van der Waals surface area contributed by atoms with E-state index in [0.717, 1.165) is 27.8 Å². The van der Waals surface area contributed by atoms with E-state index in [9.17, 15) is 4.79 Å². The third kappa shape index (κ3) is 3.70. The van der Waals surface area contributed by atoms with Crippen LogP contribution in [0.15, 0.2) is 84.2 Å². The smallest absolute Gasteiger partial charge is 0.251 e. The summed E-state index contributed by atoms with van der Waals surface area (Å²) in [6.45, 7) is 0. The molecule has 0 amide bonds. The zero-order chi connectivity index (χ0) is 24.0. The number of imidazole rings is 1. The van der Waals surface area contributed by atoms with Crippen molar-refractivity contribution in [1.29, 1.82) is 0 Å². The predicted octanol–water partition coefficient (Wildman–Crippen LogP) is 6.17. The number of benzene rings is 2. The van der Waals surface area contributed by atoms with Gasteiger partial charge in [0.15, 0.2) is 4.87 Å². The Morgan fingerprint density at radius 3 is 2.35 bits per heavy atom. The molecule has 0 bridgehead atoms. The first-order valence-electron chi connectivity index (χ1n) is 10.5. The van der Waals surface area contributed by atoms with Crippen LogP contribution in [-0.2, 0) is 19.0 Å². The van der Waals surface area contributed by atoms with Gasteiger partial charge in [0, 0.05) is 35.6 Å². The number of alkyl halides is 1. The van der Waals surface area contributed by atoms with Crippen LogP contribution < -0.4 is 5.56 Å². The first-order valence-corrected chi connectivity index (χ1v) is 11.6. The monoisotopic (exact) mass is 508 g/mol. The van der Waals surface area contributed by atoms with Crippen molar-refractivity contribution in [2.75, 3.05) is 0 Å². The average Bonchev–Trinajstić information content (AvgIpc) is 3.27. The van der Waals surface area contributed by atoms with Crippen molar-refractivity contribution in [3.63, 3.8) is 0 Å². The second-order valence-corrected chi connectivity index (χ2v) is 9.55. The molecule has 0 aliphatic rings. The Morgan fingerprint density at radius 1 is 0.912 bits per heavy atom. The van der Waals surface area contributed by atoms with Crippen LogP contribution in [0.25, 0.3) is 22.0 Å². The molecular weight excluding hydrogens is 491 g/mol. The lowest BCUT2D eigenvalue weighted by Gasteiger charge is -2.28. The van der Waals surface area contributed by atoms with E-state index < -0.39 is 4.87 Å². The summed E-state index contributed by atoms with van der Waals surface area (Å²) >= 11 is 19.9. The van der Waals surface area contributed by atoms with Gasteiger partial charge in [0.2, 0.25) is 0 Å². The molecule has 2 aromatic carbocycles. The Balaban J connectivity index is 1.84. The van der Waals surface area contributed by atoms with Crippen molar-refractivity contribution in [2.45, 2.75) is 4.87 Å². The molecule has 3 heterocycles. The molecule has 1 atom stereocenters. The molecule has 34 heavy (non-hydrogen) atoms. The van der Waals surface area contributed by atoms with Gasteiger partial charge in [-0.05, 0) is 47.0 Å². The number of halogens is 3. The molecule has 5 nitrogen and oxygen atoms in total. The van der Waals surface area contributed by atoms with Crippen LogP contribution >= 0.6 is 34.8 Å². The van der Waals surface area contributed by atoms with Gasteiger partial charge >= 0.3 is 0 Å². The Kier molecular flexibility index (Phi) is 5.72. The molecule has 0 saturated heterocycles. The molecule has 5 aromatic rings. The number of rotatable bonds is 4. The summed E-state index contributed by atoms with van der Waals surface area (Å²) in [5.41, 5.74) is 4.27. The number of aromatic nitrogens is 4. The fourth-order valence-corrected chi connectivity index (χ4v) is 4.95. The molecule has 0 saturated carbocycles. The van der Waals surface area contributed by atoms with Gasteiger partial charge in [-0.15, -0.1) is 11.6 Å². The summed E-state index contributed by atoms with van der Waals surface area (Å²) in [7, 11) is 3.61. The van der Waals surface area contributed by atoms with E-state index >= 15 is 0 Å². The maximum atomic E-state index is 12.7. The minimum atomic E-state index is -1.15. The highest BCUT2D eigenvalue weighted by Crippen LogP contribution is 2.43. The van der Waals surface area contributed by atoms with E-state index in [4.69, 9.17) is 39.8 Å². The molecule has 0 aliphatic carbocycles. The van der Waals surface area contributed by atoms with Crippen LogP contribution in [0.1, 0.15) is 17.0 Å². The van der Waals surface area contributed by atoms with Crippen LogP contribution in [0.3, 0.4) is 0 Å². The normalized spacial score (nSPS) is 13.2. The largest absolute Gasteiger partial charge is 0.336 e. The van der Waals surface area contributed by atoms with Crippen molar-refractivity contribution in [1.82, 2.24) is 19.1 Å². The van der Waals surface area contributed by atoms with Crippen LogP contribution in [0.2, 0.25) is 10.0 Å². The van der Waals surface area contributed by atoms with Gasteiger partial charge in [0.05, 0.1) is 35.6 Å². The van der Waals surface area contributed by atoms with Crippen LogP contribution in [0.4, 0.5) is 0 Å². The average molecular weight is 510 g/mol. The number of hydrogen-bond acceptors (Lipinski definition) is 3. The van der Waals surface area contributed by atoms with Crippen molar-refractivity contribution in [2.24, 2.45) is 14.1 Å².